The first-order valence-corrected chi connectivity index (χ1v) is 6.62. The van der Waals surface area contributed by atoms with E-state index >= 15 is 0 Å². The lowest BCUT2D eigenvalue weighted by Gasteiger charge is -2.22. The summed E-state index contributed by atoms with van der Waals surface area (Å²) in [4.78, 5) is 2.67. The van der Waals surface area contributed by atoms with Gasteiger partial charge in [-0.15, -0.1) is 11.3 Å². The quantitative estimate of drug-likeness (QED) is 0.830. The van der Waals surface area contributed by atoms with Crippen molar-refractivity contribution in [2.24, 2.45) is 5.41 Å². The normalized spacial score (nSPS) is 14.1. The van der Waals surface area contributed by atoms with Gasteiger partial charge in [0, 0.05) is 22.8 Å². The highest BCUT2D eigenvalue weighted by molar-refractivity contribution is 7.11. The Labute approximate surface area is 103 Å². The molecule has 1 aromatic rings. The summed E-state index contributed by atoms with van der Waals surface area (Å²) >= 11 is 1.81. The van der Waals surface area contributed by atoms with Gasteiger partial charge in [-0.25, -0.2) is 0 Å². The number of rotatable bonds is 5. The molecule has 92 valence electrons. The molecule has 0 aromatic carbocycles. The molecule has 1 heterocycles. The minimum absolute atomic E-state index is 0.195. The predicted molar refractivity (Wildman–Crippen MR) is 70.8 cm³/mol. The lowest BCUT2D eigenvalue weighted by molar-refractivity contribution is 0.119. The molecule has 0 fully saturated rings. The fourth-order valence-corrected chi connectivity index (χ4v) is 2.58. The maximum Gasteiger partial charge on any atom is 0.0669 e. The van der Waals surface area contributed by atoms with Gasteiger partial charge in [0.15, 0.2) is 0 Å². The third-order valence-electron chi connectivity index (χ3n) is 2.32. The number of hydrogen-bond donors (Lipinski definition) is 2. The largest absolute Gasteiger partial charge is 0.392 e. The molecule has 0 radical (unpaired) electrons. The number of hydrogen-bond acceptors (Lipinski definition) is 3. The van der Waals surface area contributed by atoms with Crippen molar-refractivity contribution in [3.05, 3.63) is 21.9 Å². The summed E-state index contributed by atoms with van der Waals surface area (Å²) < 4.78 is 0. The van der Waals surface area contributed by atoms with Crippen LogP contribution in [0.5, 0.6) is 0 Å². The van der Waals surface area contributed by atoms with Gasteiger partial charge in [0.1, 0.15) is 0 Å². The molecule has 0 amide bonds. The van der Waals surface area contributed by atoms with Gasteiger partial charge in [0.05, 0.1) is 6.10 Å². The summed E-state index contributed by atoms with van der Waals surface area (Å²) in [7, 11) is 0. The van der Waals surface area contributed by atoms with Gasteiger partial charge in [-0.2, -0.15) is 0 Å². The van der Waals surface area contributed by atoms with E-state index in [2.05, 4.69) is 45.1 Å². The Bertz CT molecular complexity index is 314. The van der Waals surface area contributed by atoms with E-state index in [4.69, 9.17) is 0 Å². The number of aliphatic hydroxyl groups is 1. The zero-order chi connectivity index (χ0) is 12.2. The molecule has 1 aromatic heterocycles. The van der Waals surface area contributed by atoms with E-state index in [1.807, 2.05) is 11.3 Å². The fourth-order valence-electron chi connectivity index (χ4n) is 1.72. The molecule has 0 aliphatic carbocycles. The SMILES string of the molecule is Cc1ccc(CNCC(O)CC(C)(C)C)s1. The standard InChI is InChI=1S/C13H23NOS/c1-10-5-6-12(16-10)9-14-8-11(15)7-13(2,3)4/h5-6,11,14-15H,7-9H2,1-4H3. The second-order valence-corrected chi connectivity index (χ2v) is 6.93. The van der Waals surface area contributed by atoms with Crippen molar-refractivity contribution in [1.29, 1.82) is 0 Å². The topological polar surface area (TPSA) is 32.3 Å². The summed E-state index contributed by atoms with van der Waals surface area (Å²) in [6.45, 7) is 10.1. The fraction of sp³-hybridized carbons (Fsp3) is 0.692. The summed E-state index contributed by atoms with van der Waals surface area (Å²) in [6.07, 6.45) is 0.588. The van der Waals surface area contributed by atoms with Crippen LogP contribution in [0.1, 0.15) is 36.9 Å². The molecule has 1 atom stereocenters. The van der Waals surface area contributed by atoms with E-state index in [1.54, 1.807) is 0 Å². The van der Waals surface area contributed by atoms with Gasteiger partial charge < -0.3 is 10.4 Å². The van der Waals surface area contributed by atoms with Gasteiger partial charge in [-0.3, -0.25) is 0 Å². The first-order chi connectivity index (χ1) is 7.37. The Morgan fingerprint density at radius 2 is 2.06 bits per heavy atom. The van der Waals surface area contributed by atoms with Crippen molar-refractivity contribution >= 4 is 11.3 Å². The highest BCUT2D eigenvalue weighted by atomic mass is 32.1. The number of nitrogens with one attached hydrogen (secondary N) is 1. The lowest BCUT2D eigenvalue weighted by Crippen LogP contribution is -2.29. The minimum atomic E-state index is -0.249. The molecule has 3 heteroatoms. The molecule has 0 aliphatic rings. The van der Waals surface area contributed by atoms with Crippen molar-refractivity contribution in [3.63, 3.8) is 0 Å². The Kier molecular flexibility index (Phi) is 4.96. The maximum absolute atomic E-state index is 9.81. The highest BCUT2D eigenvalue weighted by Crippen LogP contribution is 2.20. The van der Waals surface area contributed by atoms with Gasteiger partial charge >= 0.3 is 0 Å². The smallest absolute Gasteiger partial charge is 0.0669 e. The number of aliphatic hydroxyl groups excluding tert-OH is 1. The van der Waals surface area contributed by atoms with Gasteiger partial charge in [0.25, 0.3) is 0 Å². The van der Waals surface area contributed by atoms with Crippen LogP contribution in [0.4, 0.5) is 0 Å². The van der Waals surface area contributed by atoms with Crippen LogP contribution in [0.25, 0.3) is 0 Å². The van der Waals surface area contributed by atoms with E-state index in [0.717, 1.165) is 13.0 Å². The molecule has 2 N–H and O–H groups in total. The lowest BCUT2D eigenvalue weighted by atomic mass is 9.89. The zero-order valence-electron chi connectivity index (χ0n) is 10.7. The third-order valence-corrected chi connectivity index (χ3v) is 3.32. The summed E-state index contributed by atoms with van der Waals surface area (Å²) in [6, 6.07) is 4.27. The highest BCUT2D eigenvalue weighted by Gasteiger charge is 2.16. The first kappa shape index (κ1) is 13.7. The van der Waals surface area contributed by atoms with Crippen molar-refractivity contribution < 1.29 is 5.11 Å². The van der Waals surface area contributed by atoms with Gasteiger partial charge in [0.2, 0.25) is 0 Å². The molecule has 0 spiro atoms. The maximum atomic E-state index is 9.81. The van der Waals surface area contributed by atoms with Crippen molar-refractivity contribution in [2.75, 3.05) is 6.54 Å². The summed E-state index contributed by atoms with van der Waals surface area (Å²) in [5.41, 5.74) is 0.195. The van der Waals surface area contributed by atoms with Crippen molar-refractivity contribution in [2.45, 2.75) is 46.8 Å². The van der Waals surface area contributed by atoms with E-state index in [-0.39, 0.29) is 11.5 Å². The first-order valence-electron chi connectivity index (χ1n) is 5.81. The van der Waals surface area contributed by atoms with Crippen molar-refractivity contribution in [3.8, 4) is 0 Å². The molecule has 16 heavy (non-hydrogen) atoms. The third kappa shape index (κ3) is 5.64. The van der Waals surface area contributed by atoms with Crippen LogP contribution in [0, 0.1) is 12.3 Å². The Morgan fingerprint density at radius 3 is 2.56 bits per heavy atom. The molecule has 1 unspecified atom stereocenters. The van der Waals surface area contributed by atoms with E-state index in [9.17, 15) is 5.11 Å². The van der Waals surface area contributed by atoms with Crippen LogP contribution in [0.3, 0.4) is 0 Å². The van der Waals surface area contributed by atoms with Crippen LogP contribution in [-0.4, -0.2) is 17.8 Å². The van der Waals surface area contributed by atoms with Gasteiger partial charge in [-0.1, -0.05) is 20.8 Å². The Hall–Kier alpha value is -0.380. The van der Waals surface area contributed by atoms with E-state index in [1.165, 1.54) is 9.75 Å². The number of thiophene rings is 1. The van der Waals surface area contributed by atoms with Crippen LogP contribution in [0.15, 0.2) is 12.1 Å². The Morgan fingerprint density at radius 1 is 1.38 bits per heavy atom. The molecular weight excluding hydrogens is 218 g/mol. The number of aryl methyl sites for hydroxylation is 1. The van der Waals surface area contributed by atoms with Crippen LogP contribution in [0.2, 0.25) is 0 Å². The summed E-state index contributed by atoms with van der Waals surface area (Å²) in [5, 5.41) is 13.1. The van der Waals surface area contributed by atoms with Crippen LogP contribution < -0.4 is 5.32 Å². The summed E-state index contributed by atoms with van der Waals surface area (Å²) in [5.74, 6) is 0. The molecule has 0 bridgehead atoms. The second kappa shape index (κ2) is 5.80. The van der Waals surface area contributed by atoms with E-state index in [0.29, 0.717) is 6.54 Å². The zero-order valence-corrected chi connectivity index (χ0v) is 11.5. The van der Waals surface area contributed by atoms with Crippen LogP contribution in [-0.2, 0) is 6.54 Å². The monoisotopic (exact) mass is 241 g/mol. The average Bonchev–Trinajstić information content (AvgIpc) is 2.48. The van der Waals surface area contributed by atoms with E-state index < -0.39 is 0 Å². The Balaban J connectivity index is 2.20. The molecule has 0 aliphatic heterocycles. The van der Waals surface area contributed by atoms with Crippen molar-refractivity contribution in [1.82, 2.24) is 5.32 Å². The minimum Gasteiger partial charge on any atom is -0.392 e. The molecule has 0 saturated carbocycles. The molecular formula is C13H23NOS. The second-order valence-electron chi connectivity index (χ2n) is 5.56. The van der Waals surface area contributed by atoms with Crippen LogP contribution >= 0.6 is 11.3 Å². The predicted octanol–water partition coefficient (Wildman–Crippen LogP) is 2.94. The molecule has 0 saturated heterocycles. The average molecular weight is 241 g/mol. The van der Waals surface area contributed by atoms with Gasteiger partial charge in [-0.05, 0) is 30.9 Å². The molecule has 2 nitrogen and oxygen atoms in total. The molecule has 1 rings (SSSR count).